The Morgan fingerprint density at radius 3 is 2.60 bits per heavy atom. The lowest BCUT2D eigenvalue weighted by Gasteiger charge is -1.98. The Hall–Kier alpha value is -1.01. The standard InChI is InChI=1S/C8H12O2/c1-4-5-6-10-8(9)7(2)3/h4,6-7H,1-3H3. The van der Waals surface area contributed by atoms with E-state index in [9.17, 15) is 4.79 Å². The number of carbonyl (C=O) groups excluding carboxylic acids is 1. The topological polar surface area (TPSA) is 26.3 Å². The van der Waals surface area contributed by atoms with Crippen LogP contribution in [-0.4, -0.2) is 5.97 Å². The zero-order valence-electron chi connectivity index (χ0n) is 6.55. The molecule has 0 aromatic carbocycles. The Labute approximate surface area is 61.2 Å². The molecule has 0 rings (SSSR count). The van der Waals surface area contributed by atoms with Gasteiger partial charge >= 0.3 is 5.97 Å². The summed E-state index contributed by atoms with van der Waals surface area (Å²) < 4.78 is 4.64. The lowest BCUT2D eigenvalue weighted by Crippen LogP contribution is -2.07. The summed E-state index contributed by atoms with van der Waals surface area (Å²) >= 11 is 0. The Morgan fingerprint density at radius 1 is 1.60 bits per heavy atom. The smallest absolute Gasteiger partial charge is 0.313 e. The molecule has 0 aliphatic carbocycles. The second-order valence-corrected chi connectivity index (χ2v) is 2.16. The van der Waals surface area contributed by atoms with Crippen molar-refractivity contribution in [2.75, 3.05) is 0 Å². The molecule has 0 aliphatic rings. The Bertz CT molecular complexity index is 162. The van der Waals surface area contributed by atoms with Crippen LogP contribution in [0.5, 0.6) is 0 Å². The summed E-state index contributed by atoms with van der Waals surface area (Å²) in [7, 11) is 0. The van der Waals surface area contributed by atoms with Gasteiger partial charge < -0.3 is 4.74 Å². The fraction of sp³-hybridized carbons (Fsp3) is 0.500. The van der Waals surface area contributed by atoms with Crippen molar-refractivity contribution >= 4 is 5.97 Å². The van der Waals surface area contributed by atoms with Crippen molar-refractivity contribution < 1.29 is 9.53 Å². The molecule has 0 saturated heterocycles. The first-order chi connectivity index (χ1) is 4.68. The molecule has 0 amide bonds. The van der Waals surface area contributed by atoms with Gasteiger partial charge in [-0.1, -0.05) is 19.6 Å². The largest absolute Gasteiger partial charge is 0.426 e. The highest BCUT2D eigenvalue weighted by Crippen LogP contribution is 1.94. The average Bonchev–Trinajstić information content (AvgIpc) is 1.88. The molecule has 0 saturated carbocycles. The summed E-state index contributed by atoms with van der Waals surface area (Å²) in [6.07, 6.45) is 2.94. The molecule has 0 spiro atoms. The zero-order valence-corrected chi connectivity index (χ0v) is 6.55. The van der Waals surface area contributed by atoms with Crippen LogP contribution in [0.4, 0.5) is 0 Å². The number of hydrogen-bond acceptors (Lipinski definition) is 2. The third-order valence-electron chi connectivity index (χ3n) is 0.881. The highest BCUT2D eigenvalue weighted by Gasteiger charge is 2.04. The van der Waals surface area contributed by atoms with E-state index in [1.807, 2.05) is 0 Å². The van der Waals surface area contributed by atoms with E-state index >= 15 is 0 Å². The Kier molecular flexibility index (Phi) is 4.34. The summed E-state index contributed by atoms with van der Waals surface area (Å²) in [5.74, 6) is -0.302. The van der Waals surface area contributed by atoms with Crippen molar-refractivity contribution in [3.8, 4) is 0 Å². The van der Waals surface area contributed by atoms with Crippen molar-refractivity contribution in [1.82, 2.24) is 0 Å². The van der Waals surface area contributed by atoms with Crippen molar-refractivity contribution in [1.29, 1.82) is 0 Å². The van der Waals surface area contributed by atoms with E-state index in [1.165, 1.54) is 6.26 Å². The van der Waals surface area contributed by atoms with E-state index in [-0.39, 0.29) is 11.9 Å². The summed E-state index contributed by atoms with van der Waals surface area (Å²) in [6, 6.07) is 0. The first-order valence-electron chi connectivity index (χ1n) is 3.24. The first kappa shape index (κ1) is 8.99. The van der Waals surface area contributed by atoms with Gasteiger partial charge in [-0.2, -0.15) is 0 Å². The lowest BCUT2D eigenvalue weighted by molar-refractivity contribution is -0.141. The molecule has 0 unspecified atom stereocenters. The van der Waals surface area contributed by atoms with Crippen molar-refractivity contribution in [2.45, 2.75) is 20.8 Å². The quantitative estimate of drug-likeness (QED) is 0.332. The number of hydrogen-bond donors (Lipinski definition) is 0. The molecule has 0 aromatic rings. The van der Waals surface area contributed by atoms with Crippen LogP contribution in [0, 0.1) is 5.92 Å². The van der Waals surface area contributed by atoms with Gasteiger partial charge in [0.2, 0.25) is 0 Å². The van der Waals surface area contributed by atoms with Gasteiger partial charge in [0, 0.05) is 0 Å². The summed E-state index contributed by atoms with van der Waals surface area (Å²) in [4.78, 5) is 10.7. The van der Waals surface area contributed by atoms with E-state index in [2.05, 4.69) is 10.5 Å². The molecule has 0 aromatic heterocycles. The van der Waals surface area contributed by atoms with E-state index in [1.54, 1.807) is 26.8 Å². The SMILES string of the molecule is CC=C=COC(=O)C(C)C. The lowest BCUT2D eigenvalue weighted by atomic mass is 10.2. The van der Waals surface area contributed by atoms with Gasteiger partial charge in [0.25, 0.3) is 0 Å². The molecule has 0 heterocycles. The van der Waals surface area contributed by atoms with Crippen LogP contribution in [0.2, 0.25) is 0 Å². The number of rotatable bonds is 2. The van der Waals surface area contributed by atoms with E-state index < -0.39 is 0 Å². The van der Waals surface area contributed by atoms with Crippen LogP contribution in [0.3, 0.4) is 0 Å². The van der Waals surface area contributed by atoms with Gasteiger partial charge in [0.1, 0.15) is 6.26 Å². The minimum atomic E-state index is -0.227. The Morgan fingerprint density at radius 2 is 2.20 bits per heavy atom. The van der Waals surface area contributed by atoms with Crippen LogP contribution in [0.25, 0.3) is 0 Å². The van der Waals surface area contributed by atoms with Gasteiger partial charge in [-0.25, -0.2) is 0 Å². The molecule has 2 heteroatoms. The van der Waals surface area contributed by atoms with Crippen LogP contribution in [-0.2, 0) is 9.53 Å². The highest BCUT2D eigenvalue weighted by molar-refractivity contribution is 5.72. The maximum absolute atomic E-state index is 10.7. The summed E-state index contributed by atoms with van der Waals surface area (Å²) in [5, 5.41) is 0. The molecule has 0 radical (unpaired) electrons. The van der Waals surface area contributed by atoms with Gasteiger partial charge in [0.15, 0.2) is 0 Å². The van der Waals surface area contributed by atoms with Gasteiger partial charge in [-0.3, -0.25) is 4.79 Å². The zero-order chi connectivity index (χ0) is 7.98. The van der Waals surface area contributed by atoms with Gasteiger partial charge in [0.05, 0.1) is 5.92 Å². The molecular weight excluding hydrogens is 128 g/mol. The normalized spacial score (nSPS) is 8.40. The molecule has 10 heavy (non-hydrogen) atoms. The van der Waals surface area contributed by atoms with E-state index in [0.29, 0.717) is 0 Å². The molecule has 0 fully saturated rings. The monoisotopic (exact) mass is 140 g/mol. The molecular formula is C8H12O2. The first-order valence-corrected chi connectivity index (χ1v) is 3.24. The van der Waals surface area contributed by atoms with Crippen molar-refractivity contribution in [2.24, 2.45) is 5.92 Å². The maximum atomic E-state index is 10.7. The second kappa shape index (κ2) is 4.83. The van der Waals surface area contributed by atoms with Gasteiger partial charge in [-0.15, -0.1) is 0 Å². The molecule has 0 bridgehead atoms. The second-order valence-electron chi connectivity index (χ2n) is 2.16. The summed E-state index contributed by atoms with van der Waals surface area (Å²) in [6.45, 7) is 5.37. The van der Waals surface area contributed by atoms with Crippen LogP contribution in [0.1, 0.15) is 20.8 Å². The minimum absolute atomic E-state index is 0.0742. The molecule has 56 valence electrons. The number of allylic oxidation sites excluding steroid dienone is 1. The maximum Gasteiger partial charge on any atom is 0.313 e. The molecule has 0 atom stereocenters. The number of ether oxygens (including phenoxy) is 1. The van der Waals surface area contributed by atoms with Gasteiger partial charge in [-0.05, 0) is 13.0 Å². The molecule has 0 aliphatic heterocycles. The van der Waals surface area contributed by atoms with E-state index in [0.717, 1.165) is 0 Å². The fourth-order valence-electron chi connectivity index (χ4n) is 0.296. The number of esters is 1. The fourth-order valence-corrected chi connectivity index (χ4v) is 0.296. The van der Waals surface area contributed by atoms with Crippen LogP contribution in [0.15, 0.2) is 18.1 Å². The van der Waals surface area contributed by atoms with Crippen molar-refractivity contribution in [3.05, 3.63) is 18.1 Å². The number of carbonyl (C=O) groups is 1. The van der Waals surface area contributed by atoms with Crippen molar-refractivity contribution in [3.63, 3.8) is 0 Å². The third kappa shape index (κ3) is 3.93. The molecule has 2 nitrogen and oxygen atoms in total. The minimum Gasteiger partial charge on any atom is -0.426 e. The third-order valence-corrected chi connectivity index (χ3v) is 0.881. The highest BCUT2D eigenvalue weighted by atomic mass is 16.5. The predicted octanol–water partition coefficient (Wildman–Crippen LogP) is 1.87. The molecule has 0 N–H and O–H groups in total. The van der Waals surface area contributed by atoms with E-state index in [4.69, 9.17) is 0 Å². The Balaban J connectivity index is 3.71. The van der Waals surface area contributed by atoms with Crippen LogP contribution < -0.4 is 0 Å². The summed E-state index contributed by atoms with van der Waals surface area (Å²) in [5.41, 5.74) is 2.64. The average molecular weight is 140 g/mol. The van der Waals surface area contributed by atoms with Crippen LogP contribution >= 0.6 is 0 Å². The predicted molar refractivity (Wildman–Crippen MR) is 39.3 cm³/mol.